The molecule has 2 N–H and O–H groups in total. The summed E-state index contributed by atoms with van der Waals surface area (Å²) in [4.78, 5) is 26.7. The third-order valence-corrected chi connectivity index (χ3v) is 3.71. The number of fused-ring (bicyclic) bond motifs is 1. The van der Waals surface area contributed by atoms with E-state index in [0.717, 1.165) is 10.8 Å². The Morgan fingerprint density at radius 3 is 3.00 bits per heavy atom. The lowest BCUT2D eigenvalue weighted by atomic mass is 9.85. The first-order valence-electron chi connectivity index (χ1n) is 5.78. The number of hydrogen-bond acceptors (Lipinski definition) is 6. The minimum absolute atomic E-state index is 0.144. The van der Waals surface area contributed by atoms with Crippen LogP contribution in [-0.2, 0) is 14.3 Å². The van der Waals surface area contributed by atoms with Crippen LogP contribution in [0.4, 0.5) is 10.2 Å². The molecule has 3 heterocycles. The van der Waals surface area contributed by atoms with E-state index < -0.39 is 35.1 Å². The van der Waals surface area contributed by atoms with Crippen molar-refractivity contribution in [2.45, 2.75) is 25.7 Å². The minimum Gasteiger partial charge on any atom is -0.462 e. The van der Waals surface area contributed by atoms with Gasteiger partial charge in [-0.15, -0.1) is 0 Å². The van der Waals surface area contributed by atoms with Gasteiger partial charge in [-0.2, -0.15) is 4.98 Å². The van der Waals surface area contributed by atoms with Crippen molar-refractivity contribution in [2.24, 2.45) is 5.41 Å². The second-order valence-electron chi connectivity index (χ2n) is 4.96. The van der Waals surface area contributed by atoms with Crippen LogP contribution >= 0.6 is 0 Å². The predicted octanol–water partition coefficient (Wildman–Crippen LogP) is -0.185. The molecule has 2 aliphatic rings. The Kier molecular flexibility index (Phi) is 2.40. The molecule has 8 heteroatoms. The molecule has 0 aromatic carbocycles. The number of carbonyl (C=O) groups excluding carboxylic acids is 1. The molecule has 1 unspecified atom stereocenters. The van der Waals surface area contributed by atoms with Gasteiger partial charge >= 0.3 is 11.7 Å². The molecular weight excluding hydrogens is 257 g/mol. The molecule has 2 fully saturated rings. The summed E-state index contributed by atoms with van der Waals surface area (Å²) < 4.78 is 24.9. The Morgan fingerprint density at radius 1 is 1.58 bits per heavy atom. The maximum atomic E-state index is 13.4. The van der Waals surface area contributed by atoms with Crippen LogP contribution in [0.1, 0.15) is 19.6 Å². The fraction of sp³-hybridized carbons (Fsp3) is 0.545. The van der Waals surface area contributed by atoms with Crippen LogP contribution in [0.2, 0.25) is 0 Å². The van der Waals surface area contributed by atoms with Crippen molar-refractivity contribution < 1.29 is 18.7 Å². The van der Waals surface area contributed by atoms with Gasteiger partial charge in [-0.05, 0) is 6.92 Å². The summed E-state index contributed by atoms with van der Waals surface area (Å²) in [6.45, 7) is 1.85. The highest BCUT2D eigenvalue weighted by Crippen LogP contribution is 2.47. The number of carbonyl (C=O) groups is 1. The van der Waals surface area contributed by atoms with Gasteiger partial charge in [0.15, 0.2) is 11.6 Å². The van der Waals surface area contributed by atoms with Crippen LogP contribution in [0, 0.1) is 11.2 Å². The van der Waals surface area contributed by atoms with Crippen LogP contribution in [0.3, 0.4) is 0 Å². The number of nitrogens with zero attached hydrogens (tertiary/aromatic N) is 2. The molecule has 0 aliphatic carbocycles. The van der Waals surface area contributed by atoms with E-state index in [4.69, 9.17) is 15.2 Å². The number of aromatic nitrogens is 2. The summed E-state index contributed by atoms with van der Waals surface area (Å²) in [7, 11) is 0. The molecule has 0 bridgehead atoms. The van der Waals surface area contributed by atoms with Crippen molar-refractivity contribution in [2.75, 3.05) is 12.3 Å². The standard InChI is InChI=1S/C11H12FN3O4/c1-11-2-7(19-6(11)4-18-9(11)16)15-3-5(12)8(13)14-10(15)17/h3,6-7H,2,4H2,1H3,(H2,13,14,17)/t6-,7?,11-/m1/s1. The molecule has 2 aliphatic heterocycles. The van der Waals surface area contributed by atoms with Crippen molar-refractivity contribution in [3.8, 4) is 0 Å². The molecular formula is C11H12FN3O4. The zero-order valence-corrected chi connectivity index (χ0v) is 10.1. The van der Waals surface area contributed by atoms with Gasteiger partial charge in [0.05, 0.1) is 11.6 Å². The largest absolute Gasteiger partial charge is 0.462 e. The summed E-state index contributed by atoms with van der Waals surface area (Å²) in [6.07, 6.45) is 0.0162. The molecule has 7 nitrogen and oxygen atoms in total. The van der Waals surface area contributed by atoms with Crippen molar-refractivity contribution in [3.63, 3.8) is 0 Å². The number of esters is 1. The quantitative estimate of drug-likeness (QED) is 0.710. The lowest BCUT2D eigenvalue weighted by Crippen LogP contribution is -2.30. The van der Waals surface area contributed by atoms with Crippen molar-refractivity contribution in [3.05, 3.63) is 22.5 Å². The molecule has 0 radical (unpaired) electrons. The second kappa shape index (κ2) is 3.77. The maximum Gasteiger partial charge on any atom is 0.351 e. The van der Waals surface area contributed by atoms with Crippen LogP contribution in [0.25, 0.3) is 0 Å². The molecule has 0 amide bonds. The van der Waals surface area contributed by atoms with Gasteiger partial charge in [0.2, 0.25) is 0 Å². The van der Waals surface area contributed by atoms with E-state index in [1.165, 1.54) is 0 Å². The topological polar surface area (TPSA) is 96.4 Å². The summed E-state index contributed by atoms with van der Waals surface area (Å²) >= 11 is 0. The Balaban J connectivity index is 1.96. The van der Waals surface area contributed by atoms with E-state index in [1.54, 1.807) is 6.92 Å². The van der Waals surface area contributed by atoms with Gasteiger partial charge in [-0.1, -0.05) is 0 Å². The minimum atomic E-state index is -0.804. The molecule has 0 spiro atoms. The molecule has 0 saturated carbocycles. The summed E-state index contributed by atoms with van der Waals surface area (Å²) in [5.41, 5.74) is 3.70. The normalized spacial score (nSPS) is 33.3. The predicted molar refractivity (Wildman–Crippen MR) is 60.5 cm³/mol. The highest BCUT2D eigenvalue weighted by molar-refractivity contribution is 5.79. The number of rotatable bonds is 1. The van der Waals surface area contributed by atoms with Gasteiger partial charge in [-0.25, -0.2) is 9.18 Å². The zero-order valence-electron chi connectivity index (χ0n) is 10.1. The Bertz CT molecular complexity index is 616. The lowest BCUT2D eigenvalue weighted by molar-refractivity contribution is -0.145. The first-order chi connectivity index (χ1) is 8.91. The van der Waals surface area contributed by atoms with E-state index in [2.05, 4.69) is 4.98 Å². The third-order valence-electron chi connectivity index (χ3n) is 3.71. The molecule has 102 valence electrons. The smallest absolute Gasteiger partial charge is 0.351 e. The molecule has 19 heavy (non-hydrogen) atoms. The fourth-order valence-corrected chi connectivity index (χ4v) is 2.46. The van der Waals surface area contributed by atoms with Crippen LogP contribution in [0.5, 0.6) is 0 Å². The Labute approximate surface area is 107 Å². The Morgan fingerprint density at radius 2 is 2.32 bits per heavy atom. The second-order valence-corrected chi connectivity index (χ2v) is 4.96. The van der Waals surface area contributed by atoms with Crippen LogP contribution in [-0.4, -0.2) is 28.2 Å². The van der Waals surface area contributed by atoms with Gasteiger partial charge in [0.25, 0.3) is 0 Å². The van der Waals surface area contributed by atoms with Gasteiger partial charge < -0.3 is 15.2 Å². The van der Waals surface area contributed by atoms with Gasteiger partial charge in [0.1, 0.15) is 18.9 Å². The van der Waals surface area contributed by atoms with E-state index in [9.17, 15) is 14.0 Å². The zero-order chi connectivity index (χ0) is 13.8. The van der Waals surface area contributed by atoms with E-state index in [-0.39, 0.29) is 19.0 Å². The molecule has 1 aromatic rings. The number of hydrogen-bond donors (Lipinski definition) is 1. The summed E-state index contributed by atoms with van der Waals surface area (Å²) in [6, 6.07) is 0. The number of nitrogens with two attached hydrogens (primary N) is 1. The SMILES string of the molecule is C[C@@]12CC(n3cc(F)c(N)nc3=O)O[C@@H]1COC2=O. The van der Waals surface area contributed by atoms with Crippen molar-refractivity contribution >= 4 is 11.8 Å². The van der Waals surface area contributed by atoms with Crippen LogP contribution in [0.15, 0.2) is 11.0 Å². The first kappa shape index (κ1) is 12.1. The van der Waals surface area contributed by atoms with Crippen molar-refractivity contribution in [1.29, 1.82) is 0 Å². The van der Waals surface area contributed by atoms with E-state index in [0.29, 0.717) is 0 Å². The maximum absolute atomic E-state index is 13.4. The average molecular weight is 269 g/mol. The number of halogens is 1. The molecule has 3 rings (SSSR count). The first-order valence-corrected chi connectivity index (χ1v) is 5.78. The number of ether oxygens (including phenoxy) is 2. The van der Waals surface area contributed by atoms with E-state index in [1.807, 2.05) is 0 Å². The number of anilines is 1. The highest BCUT2D eigenvalue weighted by atomic mass is 19.1. The van der Waals surface area contributed by atoms with Crippen LogP contribution < -0.4 is 11.4 Å². The highest BCUT2D eigenvalue weighted by Gasteiger charge is 2.56. The molecule has 1 aromatic heterocycles. The summed E-state index contributed by atoms with van der Waals surface area (Å²) in [5.74, 6) is -1.62. The monoisotopic (exact) mass is 269 g/mol. The third kappa shape index (κ3) is 1.63. The average Bonchev–Trinajstić information content (AvgIpc) is 2.81. The number of nitrogen functional groups attached to an aromatic ring is 1. The number of cyclic esters (lactones) is 1. The van der Waals surface area contributed by atoms with Gasteiger partial charge in [-0.3, -0.25) is 9.36 Å². The molecule has 2 saturated heterocycles. The van der Waals surface area contributed by atoms with Gasteiger partial charge in [0, 0.05) is 6.42 Å². The lowest BCUT2D eigenvalue weighted by Gasteiger charge is -2.15. The van der Waals surface area contributed by atoms with E-state index >= 15 is 0 Å². The molecule has 3 atom stereocenters. The fourth-order valence-electron chi connectivity index (χ4n) is 2.46. The summed E-state index contributed by atoms with van der Waals surface area (Å²) in [5, 5.41) is 0. The Hall–Kier alpha value is -1.96. The van der Waals surface area contributed by atoms with Crippen molar-refractivity contribution in [1.82, 2.24) is 9.55 Å².